The largest absolute Gasteiger partial charge is 0.481 e. The van der Waals surface area contributed by atoms with Crippen LogP contribution in [-0.2, 0) is 23.1 Å². The minimum atomic E-state index is -1.33. The molecule has 0 N–H and O–H groups in total. The number of halogens is 3. The van der Waals surface area contributed by atoms with Crippen LogP contribution in [0, 0.1) is 17.6 Å². The molecular weight excluding hydrogens is 572 g/mol. The average Bonchev–Trinajstić information content (AvgIpc) is 2.92. The highest BCUT2D eigenvalue weighted by atomic mass is 35.5. The Morgan fingerprint density at radius 1 is 1.12 bits per heavy atom. The fraction of sp³-hybridized carbons (Fsp3) is 0.333. The molecule has 5 rings (SSSR count). The SMILES string of the molecule is COc1ncc(Cl)c2c1C[C@]1(c3ccc(F)cc3F)N=C(N(C(=O)OC(C)(C)C)C(=O)c3ccccc3)SC[C@@H]1C2. The van der Waals surface area contributed by atoms with E-state index >= 15 is 4.39 Å². The van der Waals surface area contributed by atoms with Crippen LogP contribution in [0.3, 0.4) is 0 Å². The van der Waals surface area contributed by atoms with E-state index in [9.17, 15) is 14.0 Å². The third-order valence-corrected chi connectivity index (χ3v) is 8.50. The molecule has 2 aliphatic rings. The van der Waals surface area contributed by atoms with Crippen LogP contribution in [-0.4, -0.2) is 45.5 Å². The van der Waals surface area contributed by atoms with Crippen molar-refractivity contribution in [2.45, 2.75) is 44.8 Å². The summed E-state index contributed by atoms with van der Waals surface area (Å²) in [6.07, 6.45) is 1.09. The first kappa shape index (κ1) is 29.0. The first-order valence-corrected chi connectivity index (χ1v) is 14.3. The summed E-state index contributed by atoms with van der Waals surface area (Å²) in [6, 6.07) is 11.6. The van der Waals surface area contributed by atoms with Crippen molar-refractivity contribution in [3.8, 4) is 5.88 Å². The highest BCUT2D eigenvalue weighted by Gasteiger charge is 2.51. The Morgan fingerprint density at radius 2 is 1.85 bits per heavy atom. The van der Waals surface area contributed by atoms with Crippen molar-refractivity contribution in [1.29, 1.82) is 0 Å². The maximum Gasteiger partial charge on any atom is 0.423 e. The number of benzene rings is 2. The zero-order valence-corrected chi connectivity index (χ0v) is 24.5. The van der Waals surface area contributed by atoms with Crippen molar-refractivity contribution in [1.82, 2.24) is 9.88 Å². The Labute approximate surface area is 245 Å². The number of pyridine rings is 1. The Hall–Kier alpha value is -3.50. The lowest BCUT2D eigenvalue weighted by molar-refractivity contribution is 0.0352. The number of fused-ring (bicyclic) bond motifs is 2. The third kappa shape index (κ3) is 5.55. The van der Waals surface area contributed by atoms with Crippen LogP contribution in [0.15, 0.2) is 59.7 Å². The lowest BCUT2D eigenvalue weighted by Crippen LogP contribution is -2.51. The number of nitrogens with zero attached hydrogens (tertiary/aromatic N) is 3. The summed E-state index contributed by atoms with van der Waals surface area (Å²) in [4.78, 5) is 37.5. The van der Waals surface area contributed by atoms with Crippen molar-refractivity contribution in [2.24, 2.45) is 10.9 Å². The second-order valence-corrected chi connectivity index (χ2v) is 12.3. The van der Waals surface area contributed by atoms with Gasteiger partial charge in [0.15, 0.2) is 5.17 Å². The number of amidine groups is 1. The molecule has 0 bridgehead atoms. The number of amides is 2. The molecule has 0 saturated heterocycles. The molecule has 1 aliphatic heterocycles. The van der Waals surface area contributed by atoms with Crippen molar-refractivity contribution in [2.75, 3.05) is 12.9 Å². The number of carbonyl (C=O) groups excluding carboxylic acids is 2. The number of rotatable bonds is 3. The lowest BCUT2D eigenvalue weighted by Gasteiger charge is -2.46. The van der Waals surface area contributed by atoms with Crippen molar-refractivity contribution in [3.63, 3.8) is 0 Å². The van der Waals surface area contributed by atoms with Crippen molar-refractivity contribution < 1.29 is 27.8 Å². The number of ether oxygens (including phenoxy) is 2. The molecule has 0 unspecified atom stereocenters. The van der Waals surface area contributed by atoms with Gasteiger partial charge in [-0.1, -0.05) is 47.6 Å². The van der Waals surface area contributed by atoms with Crippen LogP contribution in [0.1, 0.15) is 47.8 Å². The molecule has 214 valence electrons. The molecule has 0 fully saturated rings. The zero-order valence-electron chi connectivity index (χ0n) is 22.9. The van der Waals surface area contributed by atoms with Gasteiger partial charge in [-0.3, -0.25) is 4.79 Å². The predicted octanol–water partition coefficient (Wildman–Crippen LogP) is 6.81. The number of hydrogen-bond donors (Lipinski definition) is 0. The minimum Gasteiger partial charge on any atom is -0.481 e. The van der Waals surface area contributed by atoms with Gasteiger partial charge in [0.1, 0.15) is 17.2 Å². The van der Waals surface area contributed by atoms with Gasteiger partial charge in [-0.05, 0) is 51.0 Å². The van der Waals surface area contributed by atoms with Gasteiger partial charge in [0.25, 0.3) is 5.91 Å². The van der Waals surface area contributed by atoms with Crippen LogP contribution >= 0.6 is 23.4 Å². The van der Waals surface area contributed by atoms with E-state index in [-0.39, 0.29) is 28.6 Å². The summed E-state index contributed by atoms with van der Waals surface area (Å²) in [6.45, 7) is 5.08. The zero-order chi connectivity index (χ0) is 29.5. The van der Waals surface area contributed by atoms with E-state index in [1.165, 1.54) is 37.2 Å². The van der Waals surface area contributed by atoms with Gasteiger partial charge in [0.2, 0.25) is 5.88 Å². The fourth-order valence-corrected chi connectivity index (χ4v) is 6.75. The highest BCUT2D eigenvalue weighted by Crippen LogP contribution is 2.51. The molecule has 0 radical (unpaired) electrons. The normalized spacial score (nSPS) is 19.9. The molecule has 11 heteroatoms. The van der Waals surface area contributed by atoms with Gasteiger partial charge in [-0.15, -0.1) is 0 Å². The first-order valence-electron chi connectivity index (χ1n) is 12.9. The van der Waals surface area contributed by atoms with Gasteiger partial charge >= 0.3 is 6.09 Å². The second kappa shape index (κ2) is 11.1. The summed E-state index contributed by atoms with van der Waals surface area (Å²) in [5, 5.41) is 0.494. The molecule has 2 heterocycles. The first-order chi connectivity index (χ1) is 19.4. The van der Waals surface area contributed by atoms with E-state index in [4.69, 9.17) is 26.1 Å². The summed E-state index contributed by atoms with van der Waals surface area (Å²) in [7, 11) is 1.47. The van der Waals surface area contributed by atoms with E-state index in [1.54, 1.807) is 51.1 Å². The predicted molar refractivity (Wildman–Crippen MR) is 153 cm³/mol. The smallest absolute Gasteiger partial charge is 0.423 e. The van der Waals surface area contributed by atoms with E-state index in [0.29, 0.717) is 28.6 Å². The molecule has 41 heavy (non-hydrogen) atoms. The molecule has 1 aromatic heterocycles. The van der Waals surface area contributed by atoms with Crippen molar-refractivity contribution >= 4 is 40.5 Å². The number of aromatic nitrogens is 1. The molecule has 0 saturated carbocycles. The van der Waals surface area contributed by atoms with E-state index in [2.05, 4.69) is 4.98 Å². The summed E-state index contributed by atoms with van der Waals surface area (Å²) in [5.74, 6) is -1.82. The monoisotopic (exact) mass is 599 g/mol. The average molecular weight is 600 g/mol. The van der Waals surface area contributed by atoms with Gasteiger partial charge < -0.3 is 9.47 Å². The molecule has 3 aromatic rings. The number of carbonyl (C=O) groups is 2. The maximum absolute atomic E-state index is 15.6. The minimum absolute atomic E-state index is 0.0467. The van der Waals surface area contributed by atoms with E-state index in [1.807, 2.05) is 0 Å². The van der Waals surface area contributed by atoms with E-state index < -0.39 is 34.8 Å². The fourth-order valence-electron chi connectivity index (χ4n) is 5.25. The lowest BCUT2D eigenvalue weighted by atomic mass is 9.67. The number of aliphatic imine (C=N–C) groups is 1. The van der Waals surface area contributed by atoms with Crippen LogP contribution < -0.4 is 4.74 Å². The van der Waals surface area contributed by atoms with Crippen LogP contribution in [0.2, 0.25) is 5.02 Å². The highest BCUT2D eigenvalue weighted by molar-refractivity contribution is 8.13. The third-order valence-electron chi connectivity index (χ3n) is 7.07. The summed E-state index contributed by atoms with van der Waals surface area (Å²) in [5.41, 5.74) is -0.418. The van der Waals surface area contributed by atoms with Gasteiger partial charge in [0, 0.05) is 47.0 Å². The molecule has 2 amide bonds. The molecule has 2 aromatic carbocycles. The van der Waals surface area contributed by atoms with E-state index in [0.717, 1.165) is 16.5 Å². The van der Waals surface area contributed by atoms with Gasteiger partial charge in [-0.2, -0.15) is 4.90 Å². The quantitative estimate of drug-likeness (QED) is 0.329. The Bertz CT molecular complexity index is 1550. The Balaban J connectivity index is 1.72. The maximum atomic E-state index is 15.6. The number of imide groups is 1. The molecular formula is C30H28ClF2N3O4S. The second-order valence-electron chi connectivity index (χ2n) is 10.9. The molecule has 2 atom stereocenters. The van der Waals surface area contributed by atoms with Crippen molar-refractivity contribution in [3.05, 3.63) is 93.6 Å². The molecule has 1 aliphatic carbocycles. The van der Waals surface area contributed by atoms with Gasteiger partial charge in [-0.25, -0.2) is 23.6 Å². The summed E-state index contributed by atoms with van der Waals surface area (Å²) >= 11 is 7.73. The van der Waals surface area contributed by atoms with Crippen LogP contribution in [0.5, 0.6) is 5.88 Å². The Morgan fingerprint density at radius 3 is 2.51 bits per heavy atom. The number of thioether (sulfide) groups is 1. The molecule has 7 nitrogen and oxygen atoms in total. The number of hydrogen-bond acceptors (Lipinski definition) is 7. The number of methoxy groups -OCH3 is 1. The molecule has 0 spiro atoms. The van der Waals surface area contributed by atoms with Crippen LogP contribution in [0.25, 0.3) is 0 Å². The van der Waals surface area contributed by atoms with Crippen LogP contribution in [0.4, 0.5) is 13.6 Å². The topological polar surface area (TPSA) is 81.1 Å². The standard InChI is InChI=1S/C30H28ClF2N3O4S/c1-29(2,3)40-28(38)36(26(37)17-8-6-5-7-9-17)27-35-30(22-11-10-19(32)13-24(22)33)14-21-20(12-18(30)16-41-27)23(31)15-34-25(21)39-4/h5-11,13,15,18H,12,14,16H2,1-4H3/t18-,30-/m0/s1. The van der Waals surface area contributed by atoms with Gasteiger partial charge in [0.05, 0.1) is 17.7 Å². The summed E-state index contributed by atoms with van der Waals surface area (Å²) < 4.78 is 40.8. The Kier molecular flexibility index (Phi) is 7.82.